The van der Waals surface area contributed by atoms with Gasteiger partial charge in [0.2, 0.25) is 11.8 Å². The van der Waals surface area contributed by atoms with Gasteiger partial charge in [0.15, 0.2) is 0 Å². The molecule has 1 aromatic carbocycles. The molecule has 2 rings (SSSR count). The normalized spacial score (nSPS) is 17.0. The maximum Gasteiger partial charge on any atom is 0.243 e. The van der Waals surface area contributed by atoms with Gasteiger partial charge >= 0.3 is 0 Å². The van der Waals surface area contributed by atoms with Gasteiger partial charge in [-0.3, -0.25) is 14.5 Å². The minimum absolute atomic E-state index is 0.0101. The number of nitrogens with one attached hydrogen (secondary N) is 1. The van der Waals surface area contributed by atoms with Crippen molar-refractivity contribution >= 4 is 17.5 Å². The van der Waals surface area contributed by atoms with Crippen molar-refractivity contribution in [3.63, 3.8) is 0 Å². The first-order chi connectivity index (χ1) is 11.5. The summed E-state index contributed by atoms with van der Waals surface area (Å²) >= 11 is 0. The van der Waals surface area contributed by atoms with Crippen molar-refractivity contribution in [2.75, 3.05) is 32.0 Å². The number of anilines is 1. The molecule has 0 bridgehead atoms. The Labute approximate surface area is 145 Å². The van der Waals surface area contributed by atoms with Gasteiger partial charge in [-0.1, -0.05) is 30.5 Å². The smallest absolute Gasteiger partial charge is 0.243 e. The molecular formula is C19H29N3O2. The van der Waals surface area contributed by atoms with E-state index in [1.165, 1.54) is 17.7 Å². The predicted molar refractivity (Wildman–Crippen MR) is 96.9 cm³/mol. The van der Waals surface area contributed by atoms with E-state index in [1.54, 1.807) is 7.05 Å². The molecule has 1 aliphatic heterocycles. The molecule has 5 nitrogen and oxygen atoms in total. The van der Waals surface area contributed by atoms with Crippen LogP contribution in [-0.4, -0.2) is 54.3 Å². The lowest BCUT2D eigenvalue weighted by Gasteiger charge is -2.29. The molecule has 5 heteroatoms. The lowest BCUT2D eigenvalue weighted by atomic mass is 10.2. The number of carbonyl (C=O) groups excluding carboxylic acids is 2. The Kier molecular flexibility index (Phi) is 6.79. The van der Waals surface area contributed by atoms with Gasteiger partial charge in [0.25, 0.3) is 0 Å². The van der Waals surface area contributed by atoms with E-state index in [0.717, 1.165) is 37.2 Å². The highest BCUT2D eigenvalue weighted by molar-refractivity contribution is 5.95. The fourth-order valence-electron chi connectivity index (χ4n) is 3.09. The van der Waals surface area contributed by atoms with Crippen LogP contribution in [-0.2, 0) is 9.59 Å². The largest absolute Gasteiger partial charge is 0.335 e. The topological polar surface area (TPSA) is 52.7 Å². The summed E-state index contributed by atoms with van der Waals surface area (Å²) in [4.78, 5) is 28.5. The first-order valence-electron chi connectivity index (χ1n) is 8.83. The second-order valence-electron chi connectivity index (χ2n) is 6.73. The third kappa shape index (κ3) is 5.34. The zero-order valence-electron chi connectivity index (χ0n) is 15.0. The number of amides is 2. The van der Waals surface area contributed by atoms with Crippen molar-refractivity contribution in [2.45, 2.75) is 45.6 Å². The molecule has 0 unspecified atom stereocenters. The number of benzene rings is 1. The summed E-state index contributed by atoms with van der Waals surface area (Å²) in [6.07, 6.45) is 4.78. The molecule has 1 saturated heterocycles. The van der Waals surface area contributed by atoms with Crippen molar-refractivity contribution < 1.29 is 9.59 Å². The van der Waals surface area contributed by atoms with Crippen molar-refractivity contribution in [2.24, 2.45) is 0 Å². The van der Waals surface area contributed by atoms with Gasteiger partial charge in [-0.15, -0.1) is 0 Å². The van der Waals surface area contributed by atoms with Crippen LogP contribution >= 0.6 is 0 Å². The third-order valence-corrected chi connectivity index (χ3v) is 4.64. The average Bonchev–Trinajstić information content (AvgIpc) is 2.84. The number of likely N-dealkylation sites (N-methyl/N-ethyl adjacent to an activating group) is 1. The number of carbonyl (C=O) groups is 2. The highest BCUT2D eigenvalue weighted by Gasteiger charge is 2.25. The molecule has 0 aliphatic carbocycles. The maximum atomic E-state index is 12.6. The van der Waals surface area contributed by atoms with Crippen molar-refractivity contribution in [1.82, 2.24) is 9.80 Å². The number of hydrogen-bond acceptors (Lipinski definition) is 3. The molecule has 1 fully saturated rings. The second kappa shape index (κ2) is 8.83. The van der Waals surface area contributed by atoms with Crippen LogP contribution in [0.1, 0.15) is 38.2 Å². The fraction of sp³-hybridized carbons (Fsp3) is 0.579. The Hall–Kier alpha value is -1.88. The molecule has 1 N–H and O–H groups in total. The zero-order chi connectivity index (χ0) is 17.5. The second-order valence-corrected chi connectivity index (χ2v) is 6.73. The molecule has 1 aromatic rings. The summed E-state index contributed by atoms with van der Waals surface area (Å²) in [6, 6.07) is 7.47. The van der Waals surface area contributed by atoms with Crippen LogP contribution in [0.5, 0.6) is 0 Å². The van der Waals surface area contributed by atoms with Gasteiger partial charge in [0.1, 0.15) is 0 Å². The minimum Gasteiger partial charge on any atom is -0.335 e. The summed E-state index contributed by atoms with van der Waals surface area (Å²) in [7, 11) is 1.70. The zero-order valence-corrected chi connectivity index (χ0v) is 15.0. The number of likely N-dealkylation sites (tertiary alicyclic amines) is 1. The summed E-state index contributed by atoms with van der Waals surface area (Å²) in [5, 5.41) is 2.84. The molecule has 0 aromatic heterocycles. The van der Waals surface area contributed by atoms with Gasteiger partial charge in [0.05, 0.1) is 12.6 Å². The number of rotatable bonds is 5. The monoisotopic (exact) mass is 331 g/mol. The molecule has 0 spiro atoms. The molecule has 2 amide bonds. The van der Waals surface area contributed by atoms with Crippen LogP contribution in [0.15, 0.2) is 24.3 Å². The molecule has 1 heterocycles. The summed E-state index contributed by atoms with van der Waals surface area (Å²) in [6.45, 7) is 5.96. The predicted octanol–water partition coefficient (Wildman–Crippen LogP) is 2.66. The van der Waals surface area contributed by atoms with E-state index < -0.39 is 0 Å². The van der Waals surface area contributed by atoms with E-state index in [9.17, 15) is 9.59 Å². The number of hydrogen-bond donors (Lipinski definition) is 1. The Balaban J connectivity index is 1.85. The van der Waals surface area contributed by atoms with E-state index in [-0.39, 0.29) is 24.4 Å². The minimum atomic E-state index is -0.169. The van der Waals surface area contributed by atoms with Crippen LogP contribution in [0.25, 0.3) is 0 Å². The standard InChI is InChI=1S/C19H29N3O2/c1-15-8-10-17(11-9-15)20-18(23)14-21(3)19(24)16(2)22-12-6-4-5-7-13-22/h8-11,16H,4-7,12-14H2,1-3H3,(H,20,23)/t16-/m0/s1. The quantitative estimate of drug-likeness (QED) is 0.902. The van der Waals surface area contributed by atoms with E-state index >= 15 is 0 Å². The van der Waals surface area contributed by atoms with Crippen molar-refractivity contribution in [3.8, 4) is 0 Å². The van der Waals surface area contributed by atoms with Crippen LogP contribution in [0, 0.1) is 6.92 Å². The van der Waals surface area contributed by atoms with Gasteiger partial charge in [-0.05, 0) is 51.9 Å². The Morgan fingerprint density at radius 2 is 1.71 bits per heavy atom. The SMILES string of the molecule is Cc1ccc(NC(=O)CN(C)C(=O)[C@H](C)N2CCCCCC2)cc1. The number of aryl methyl sites for hydroxylation is 1. The lowest BCUT2D eigenvalue weighted by molar-refractivity contribution is -0.137. The maximum absolute atomic E-state index is 12.6. The van der Waals surface area contributed by atoms with Crippen LogP contribution in [0.4, 0.5) is 5.69 Å². The number of nitrogens with zero attached hydrogens (tertiary/aromatic N) is 2. The van der Waals surface area contributed by atoms with Crippen LogP contribution < -0.4 is 5.32 Å². The van der Waals surface area contributed by atoms with Crippen molar-refractivity contribution in [1.29, 1.82) is 0 Å². The molecule has 0 saturated carbocycles. The van der Waals surface area contributed by atoms with E-state index in [1.807, 2.05) is 38.1 Å². The molecule has 132 valence electrons. The third-order valence-electron chi connectivity index (χ3n) is 4.64. The molecular weight excluding hydrogens is 302 g/mol. The molecule has 24 heavy (non-hydrogen) atoms. The highest BCUT2D eigenvalue weighted by atomic mass is 16.2. The van der Waals surface area contributed by atoms with Gasteiger partial charge in [0, 0.05) is 12.7 Å². The van der Waals surface area contributed by atoms with Crippen LogP contribution in [0.2, 0.25) is 0 Å². The Morgan fingerprint density at radius 1 is 1.12 bits per heavy atom. The van der Waals surface area contributed by atoms with Crippen molar-refractivity contribution in [3.05, 3.63) is 29.8 Å². The van der Waals surface area contributed by atoms with E-state index in [0.29, 0.717) is 0 Å². The Morgan fingerprint density at radius 3 is 2.29 bits per heavy atom. The molecule has 0 radical (unpaired) electrons. The lowest BCUT2D eigenvalue weighted by Crippen LogP contribution is -2.48. The van der Waals surface area contributed by atoms with Gasteiger partial charge in [-0.2, -0.15) is 0 Å². The van der Waals surface area contributed by atoms with Crippen LogP contribution in [0.3, 0.4) is 0 Å². The summed E-state index contributed by atoms with van der Waals surface area (Å²) in [5.41, 5.74) is 1.90. The first-order valence-corrected chi connectivity index (χ1v) is 8.83. The summed E-state index contributed by atoms with van der Waals surface area (Å²) in [5.74, 6) is -0.159. The summed E-state index contributed by atoms with van der Waals surface area (Å²) < 4.78 is 0. The van der Waals surface area contributed by atoms with Gasteiger partial charge in [-0.25, -0.2) is 0 Å². The van der Waals surface area contributed by atoms with E-state index in [2.05, 4.69) is 10.2 Å². The first kappa shape index (κ1) is 18.5. The fourth-order valence-corrected chi connectivity index (χ4v) is 3.09. The Bertz CT molecular complexity index is 548. The van der Waals surface area contributed by atoms with Gasteiger partial charge < -0.3 is 10.2 Å². The highest BCUT2D eigenvalue weighted by Crippen LogP contribution is 2.14. The molecule has 1 aliphatic rings. The average molecular weight is 331 g/mol. The molecule has 1 atom stereocenters. The van der Waals surface area contributed by atoms with E-state index in [4.69, 9.17) is 0 Å².